The zero-order chi connectivity index (χ0) is 9.97. The first kappa shape index (κ1) is 8.82. The van der Waals surface area contributed by atoms with E-state index >= 15 is 0 Å². The van der Waals surface area contributed by atoms with Crippen LogP contribution in [0.4, 0.5) is 0 Å². The molecule has 0 saturated heterocycles. The second-order valence-corrected chi connectivity index (χ2v) is 2.80. The van der Waals surface area contributed by atoms with Gasteiger partial charge in [0.1, 0.15) is 12.2 Å². The third-order valence-corrected chi connectivity index (χ3v) is 1.61. The van der Waals surface area contributed by atoms with E-state index in [0.717, 1.165) is 0 Å². The lowest BCUT2D eigenvalue weighted by Crippen LogP contribution is -2.00. The van der Waals surface area contributed by atoms with Crippen LogP contribution in [0.2, 0.25) is 0 Å². The lowest BCUT2D eigenvalue weighted by molar-refractivity contribution is 0.276. The zero-order valence-corrected chi connectivity index (χ0v) is 7.58. The van der Waals surface area contributed by atoms with Gasteiger partial charge >= 0.3 is 0 Å². The van der Waals surface area contributed by atoms with Crippen LogP contribution in [0.5, 0.6) is 0 Å². The van der Waals surface area contributed by atoms with Crippen LogP contribution in [0, 0.1) is 6.92 Å². The van der Waals surface area contributed by atoms with Crippen LogP contribution in [-0.4, -0.2) is 30.2 Å². The monoisotopic (exact) mass is 195 g/mol. The Morgan fingerprint density at radius 2 is 2.43 bits per heavy atom. The molecule has 74 valence electrons. The Hall–Kier alpha value is -1.76. The third kappa shape index (κ3) is 1.77. The zero-order valence-electron chi connectivity index (χ0n) is 7.58. The Morgan fingerprint density at radius 1 is 1.57 bits per heavy atom. The fourth-order valence-corrected chi connectivity index (χ4v) is 1.03. The third-order valence-electron chi connectivity index (χ3n) is 1.61. The SMILES string of the molecule is Cc1noc(Cn2cc(CO)nn2)n1. The van der Waals surface area contributed by atoms with E-state index in [-0.39, 0.29) is 6.61 Å². The van der Waals surface area contributed by atoms with Gasteiger partial charge in [-0.25, -0.2) is 4.68 Å². The largest absolute Gasteiger partial charge is 0.390 e. The Balaban J connectivity index is 2.10. The van der Waals surface area contributed by atoms with Gasteiger partial charge in [-0.3, -0.25) is 0 Å². The fourth-order valence-electron chi connectivity index (χ4n) is 1.03. The van der Waals surface area contributed by atoms with Gasteiger partial charge in [-0.15, -0.1) is 5.10 Å². The van der Waals surface area contributed by atoms with E-state index in [9.17, 15) is 0 Å². The summed E-state index contributed by atoms with van der Waals surface area (Å²) in [5.74, 6) is 1.05. The summed E-state index contributed by atoms with van der Waals surface area (Å²) in [6.45, 7) is 1.99. The predicted octanol–water partition coefficient (Wildman–Crippen LogP) is -0.490. The number of aliphatic hydroxyl groups excluding tert-OH is 1. The normalized spacial score (nSPS) is 10.7. The molecule has 2 heterocycles. The highest BCUT2D eigenvalue weighted by molar-refractivity contribution is 4.91. The molecule has 0 fully saturated rings. The number of rotatable bonds is 3. The lowest BCUT2D eigenvalue weighted by Gasteiger charge is -1.91. The Morgan fingerprint density at radius 3 is 3.00 bits per heavy atom. The molecule has 0 aliphatic heterocycles. The molecular weight excluding hydrogens is 186 g/mol. The first-order valence-corrected chi connectivity index (χ1v) is 4.07. The molecule has 0 aliphatic carbocycles. The molecule has 0 spiro atoms. The molecular formula is C7H9N5O2. The molecule has 0 atom stereocenters. The molecule has 0 radical (unpaired) electrons. The first-order valence-electron chi connectivity index (χ1n) is 4.07. The van der Waals surface area contributed by atoms with Gasteiger partial charge in [0.25, 0.3) is 0 Å². The maximum Gasteiger partial charge on any atom is 0.248 e. The molecule has 2 aromatic rings. The van der Waals surface area contributed by atoms with Crippen molar-refractivity contribution in [2.75, 3.05) is 0 Å². The molecule has 2 aromatic heterocycles. The summed E-state index contributed by atoms with van der Waals surface area (Å²) >= 11 is 0. The first-order chi connectivity index (χ1) is 6.78. The number of aliphatic hydroxyl groups is 1. The summed E-state index contributed by atoms with van der Waals surface area (Å²) in [5, 5.41) is 19.9. The van der Waals surface area contributed by atoms with Crippen molar-refractivity contribution < 1.29 is 9.63 Å². The minimum Gasteiger partial charge on any atom is -0.390 e. The predicted molar refractivity (Wildman–Crippen MR) is 44.1 cm³/mol. The van der Waals surface area contributed by atoms with Crippen LogP contribution < -0.4 is 0 Å². The van der Waals surface area contributed by atoms with Crippen LogP contribution in [0.1, 0.15) is 17.4 Å². The summed E-state index contributed by atoms with van der Waals surface area (Å²) in [6, 6.07) is 0. The standard InChI is InChI=1S/C7H9N5O2/c1-5-8-7(14-10-5)3-12-2-6(4-13)9-11-12/h2,13H,3-4H2,1H3. The molecule has 7 heteroatoms. The molecule has 0 aliphatic rings. The molecule has 0 amide bonds. The highest BCUT2D eigenvalue weighted by Crippen LogP contribution is 1.99. The Labute approximate surface area is 79.4 Å². The smallest absolute Gasteiger partial charge is 0.248 e. The van der Waals surface area contributed by atoms with E-state index in [1.165, 1.54) is 4.68 Å². The minimum atomic E-state index is -0.122. The van der Waals surface area contributed by atoms with E-state index in [4.69, 9.17) is 9.63 Å². The van der Waals surface area contributed by atoms with E-state index in [0.29, 0.717) is 24.0 Å². The van der Waals surface area contributed by atoms with Crippen molar-refractivity contribution in [3.8, 4) is 0 Å². The van der Waals surface area contributed by atoms with Gasteiger partial charge in [0, 0.05) is 0 Å². The number of aromatic nitrogens is 5. The van der Waals surface area contributed by atoms with Crippen LogP contribution in [0.15, 0.2) is 10.7 Å². The molecule has 1 N–H and O–H groups in total. The van der Waals surface area contributed by atoms with Crippen LogP contribution in [0.3, 0.4) is 0 Å². The van der Waals surface area contributed by atoms with Gasteiger partial charge in [-0.1, -0.05) is 10.4 Å². The van der Waals surface area contributed by atoms with Crippen LogP contribution in [-0.2, 0) is 13.2 Å². The highest BCUT2D eigenvalue weighted by atomic mass is 16.5. The molecule has 0 unspecified atom stereocenters. The summed E-state index contributed by atoms with van der Waals surface area (Å²) in [7, 11) is 0. The lowest BCUT2D eigenvalue weighted by atomic mass is 10.5. The van der Waals surface area contributed by atoms with E-state index in [1.807, 2.05) is 0 Å². The van der Waals surface area contributed by atoms with Gasteiger partial charge in [0.05, 0.1) is 12.8 Å². The summed E-state index contributed by atoms with van der Waals surface area (Å²) in [6.07, 6.45) is 1.62. The van der Waals surface area contributed by atoms with Crippen LogP contribution >= 0.6 is 0 Å². The summed E-state index contributed by atoms with van der Waals surface area (Å²) in [4.78, 5) is 4.01. The number of nitrogens with zero attached hydrogens (tertiary/aromatic N) is 5. The van der Waals surface area contributed by atoms with Gasteiger partial charge in [-0.05, 0) is 6.92 Å². The minimum absolute atomic E-state index is 0.122. The molecule has 0 bridgehead atoms. The van der Waals surface area contributed by atoms with Crippen molar-refractivity contribution in [2.24, 2.45) is 0 Å². The summed E-state index contributed by atoms with van der Waals surface area (Å²) in [5.41, 5.74) is 0.515. The van der Waals surface area contributed by atoms with Gasteiger partial charge in [-0.2, -0.15) is 4.98 Å². The van der Waals surface area contributed by atoms with Gasteiger partial charge in [0.2, 0.25) is 5.89 Å². The number of aryl methyl sites for hydroxylation is 1. The van der Waals surface area contributed by atoms with E-state index < -0.39 is 0 Å². The quantitative estimate of drug-likeness (QED) is 0.710. The number of hydrogen-bond acceptors (Lipinski definition) is 6. The Bertz CT molecular complexity index is 421. The molecule has 0 saturated carbocycles. The highest BCUT2D eigenvalue weighted by Gasteiger charge is 2.05. The van der Waals surface area contributed by atoms with Crippen molar-refractivity contribution >= 4 is 0 Å². The van der Waals surface area contributed by atoms with Gasteiger partial charge < -0.3 is 9.63 Å². The van der Waals surface area contributed by atoms with Crippen molar-refractivity contribution in [3.63, 3.8) is 0 Å². The van der Waals surface area contributed by atoms with Crippen LogP contribution in [0.25, 0.3) is 0 Å². The average molecular weight is 195 g/mol. The molecule has 2 rings (SSSR count). The summed E-state index contributed by atoms with van der Waals surface area (Å²) < 4.78 is 6.43. The van der Waals surface area contributed by atoms with E-state index in [1.54, 1.807) is 13.1 Å². The van der Waals surface area contributed by atoms with Gasteiger partial charge in [0.15, 0.2) is 5.82 Å². The molecule has 14 heavy (non-hydrogen) atoms. The maximum atomic E-state index is 8.75. The van der Waals surface area contributed by atoms with Crippen molar-refractivity contribution in [2.45, 2.75) is 20.1 Å². The average Bonchev–Trinajstić information content (AvgIpc) is 2.76. The Kier molecular flexibility index (Phi) is 2.23. The van der Waals surface area contributed by atoms with Crippen molar-refractivity contribution in [3.05, 3.63) is 23.6 Å². The van der Waals surface area contributed by atoms with E-state index in [2.05, 4.69) is 20.5 Å². The fraction of sp³-hybridized carbons (Fsp3) is 0.429. The molecule has 7 nitrogen and oxygen atoms in total. The second-order valence-electron chi connectivity index (χ2n) is 2.80. The van der Waals surface area contributed by atoms with Crippen molar-refractivity contribution in [1.29, 1.82) is 0 Å². The second kappa shape index (κ2) is 3.54. The topological polar surface area (TPSA) is 89.9 Å². The molecule has 0 aromatic carbocycles. The van der Waals surface area contributed by atoms with Crippen molar-refractivity contribution in [1.82, 2.24) is 25.1 Å². The maximum absolute atomic E-state index is 8.75. The number of hydrogen-bond donors (Lipinski definition) is 1.